The van der Waals surface area contributed by atoms with Gasteiger partial charge in [-0.2, -0.15) is 4.31 Å². The third kappa shape index (κ3) is 8.62. The zero-order valence-corrected chi connectivity index (χ0v) is 24.7. The Morgan fingerprint density at radius 2 is 1.71 bits per heavy atom. The largest absolute Gasteiger partial charge is 0.493 e. The summed E-state index contributed by atoms with van der Waals surface area (Å²) in [6.07, 6.45) is 4.28. The normalized spacial score (nSPS) is 11.3. The fourth-order valence-corrected chi connectivity index (χ4v) is 5.40. The number of rotatable bonds is 12. The van der Waals surface area contributed by atoms with Gasteiger partial charge in [0, 0.05) is 23.8 Å². The van der Waals surface area contributed by atoms with Crippen LogP contribution in [0.4, 0.5) is 5.69 Å². The SMILES string of the molecule is CCCCCCOc1ccc(Br)cc1C(=O)NC(=S)Nc1ccc(S(=O)(=O)N(C)Cc2ccccc2)cc1. The standard InChI is InChI=1S/C28H32BrN3O4S2/c1-3-4-5-9-18-36-26-17-12-22(29)19-25(26)27(33)31-28(37)30-23-13-15-24(16-14-23)38(34,35)32(2)20-21-10-7-6-8-11-21/h6-8,10-17,19H,3-5,9,18,20H2,1-2H3,(H2,30,31,33,37). The van der Waals surface area contributed by atoms with E-state index in [4.69, 9.17) is 17.0 Å². The van der Waals surface area contributed by atoms with E-state index in [0.717, 1.165) is 35.7 Å². The van der Waals surface area contributed by atoms with Crippen molar-refractivity contribution in [2.24, 2.45) is 0 Å². The van der Waals surface area contributed by atoms with Gasteiger partial charge in [0.1, 0.15) is 5.75 Å². The molecule has 0 saturated carbocycles. The molecule has 3 aromatic carbocycles. The number of hydrogen-bond acceptors (Lipinski definition) is 5. The zero-order chi connectivity index (χ0) is 27.5. The van der Waals surface area contributed by atoms with Gasteiger partial charge in [-0.05, 0) is 66.7 Å². The van der Waals surface area contributed by atoms with Crippen LogP contribution >= 0.6 is 28.1 Å². The molecule has 0 heterocycles. The van der Waals surface area contributed by atoms with Crippen molar-refractivity contribution >= 4 is 54.9 Å². The number of nitrogens with zero attached hydrogens (tertiary/aromatic N) is 1. The van der Waals surface area contributed by atoms with Crippen LogP contribution in [0.2, 0.25) is 0 Å². The van der Waals surface area contributed by atoms with Gasteiger partial charge in [0.15, 0.2) is 5.11 Å². The number of benzene rings is 3. The van der Waals surface area contributed by atoms with Crippen LogP contribution in [0.3, 0.4) is 0 Å². The molecule has 0 aromatic heterocycles. The number of hydrogen-bond donors (Lipinski definition) is 2. The highest BCUT2D eigenvalue weighted by atomic mass is 79.9. The van der Waals surface area contributed by atoms with Crippen molar-refractivity contribution < 1.29 is 17.9 Å². The van der Waals surface area contributed by atoms with Crippen molar-refractivity contribution in [3.8, 4) is 5.75 Å². The Labute approximate surface area is 238 Å². The van der Waals surface area contributed by atoms with E-state index >= 15 is 0 Å². The lowest BCUT2D eigenvalue weighted by molar-refractivity contribution is 0.0973. The molecule has 0 aliphatic carbocycles. The average Bonchev–Trinajstić information content (AvgIpc) is 2.90. The Bertz CT molecular complexity index is 1330. The molecule has 1 amide bonds. The summed E-state index contributed by atoms with van der Waals surface area (Å²) in [5.74, 6) is 0.0771. The number of halogens is 1. The predicted molar refractivity (Wildman–Crippen MR) is 159 cm³/mol. The predicted octanol–water partition coefficient (Wildman–Crippen LogP) is 6.36. The molecule has 10 heteroatoms. The zero-order valence-electron chi connectivity index (χ0n) is 21.4. The van der Waals surface area contributed by atoms with Crippen molar-refractivity contribution in [3.05, 3.63) is 88.4 Å². The molecule has 3 aromatic rings. The second kappa shape index (κ2) is 14.4. The second-order valence-electron chi connectivity index (χ2n) is 8.73. The van der Waals surface area contributed by atoms with Gasteiger partial charge >= 0.3 is 0 Å². The topological polar surface area (TPSA) is 87.7 Å². The van der Waals surface area contributed by atoms with Gasteiger partial charge in [0.25, 0.3) is 5.91 Å². The molecular formula is C28H32BrN3O4S2. The quantitative estimate of drug-likeness (QED) is 0.182. The maximum absolute atomic E-state index is 13.0. The number of amides is 1. The molecule has 0 saturated heterocycles. The molecular weight excluding hydrogens is 586 g/mol. The van der Waals surface area contributed by atoms with Crippen molar-refractivity contribution in [1.29, 1.82) is 0 Å². The minimum Gasteiger partial charge on any atom is -0.493 e. The Balaban J connectivity index is 1.60. The molecule has 38 heavy (non-hydrogen) atoms. The van der Waals surface area contributed by atoms with Gasteiger partial charge in [-0.3, -0.25) is 10.1 Å². The fourth-order valence-electron chi connectivity index (χ4n) is 3.66. The van der Waals surface area contributed by atoms with E-state index < -0.39 is 15.9 Å². The average molecular weight is 619 g/mol. The summed E-state index contributed by atoms with van der Waals surface area (Å²) in [6.45, 7) is 2.94. The van der Waals surface area contributed by atoms with Crippen LogP contribution < -0.4 is 15.4 Å². The molecule has 0 aliphatic heterocycles. The molecule has 7 nitrogen and oxygen atoms in total. The number of thiocarbonyl (C=S) groups is 1. The van der Waals surface area contributed by atoms with E-state index in [2.05, 4.69) is 33.5 Å². The molecule has 0 bridgehead atoms. The first-order valence-electron chi connectivity index (χ1n) is 12.4. The van der Waals surface area contributed by atoms with Crippen LogP contribution in [0.5, 0.6) is 5.75 Å². The Kier molecular flexibility index (Phi) is 11.3. The third-order valence-electron chi connectivity index (χ3n) is 5.74. The van der Waals surface area contributed by atoms with E-state index in [-0.39, 0.29) is 16.6 Å². The van der Waals surface area contributed by atoms with Gasteiger partial charge in [0.2, 0.25) is 10.0 Å². The Morgan fingerprint density at radius 3 is 2.39 bits per heavy atom. The first-order valence-corrected chi connectivity index (χ1v) is 15.0. The third-order valence-corrected chi connectivity index (χ3v) is 8.25. The number of ether oxygens (including phenoxy) is 1. The molecule has 3 rings (SSSR count). The smallest absolute Gasteiger partial charge is 0.261 e. The maximum atomic E-state index is 13.0. The number of carbonyl (C=O) groups is 1. The summed E-state index contributed by atoms with van der Waals surface area (Å²) in [7, 11) is -2.13. The van der Waals surface area contributed by atoms with Crippen LogP contribution in [0.1, 0.15) is 48.5 Å². The first kappa shape index (κ1) is 29.8. The van der Waals surface area contributed by atoms with Crippen molar-refractivity contribution in [2.45, 2.75) is 44.0 Å². The summed E-state index contributed by atoms with van der Waals surface area (Å²) < 4.78 is 33.8. The second-order valence-corrected chi connectivity index (χ2v) is 12.1. The van der Waals surface area contributed by atoms with Crippen LogP contribution in [-0.2, 0) is 16.6 Å². The van der Waals surface area contributed by atoms with E-state index in [0.29, 0.717) is 23.6 Å². The molecule has 0 radical (unpaired) electrons. The van der Waals surface area contributed by atoms with Crippen LogP contribution in [0, 0.1) is 0 Å². The highest BCUT2D eigenvalue weighted by Gasteiger charge is 2.21. The molecule has 0 aliphatic rings. The number of carbonyl (C=O) groups excluding carboxylic acids is 1. The Morgan fingerprint density at radius 1 is 1.00 bits per heavy atom. The van der Waals surface area contributed by atoms with Crippen molar-refractivity contribution in [3.63, 3.8) is 0 Å². The summed E-state index contributed by atoms with van der Waals surface area (Å²) >= 11 is 8.72. The molecule has 0 fully saturated rings. The number of nitrogens with one attached hydrogen (secondary N) is 2. The van der Waals surface area contributed by atoms with E-state index in [1.807, 2.05) is 36.4 Å². The molecule has 0 atom stereocenters. The number of unbranched alkanes of at least 4 members (excludes halogenated alkanes) is 3. The van der Waals surface area contributed by atoms with Crippen LogP contribution in [0.15, 0.2) is 82.2 Å². The molecule has 2 N–H and O–H groups in total. The summed E-state index contributed by atoms with van der Waals surface area (Å²) in [5.41, 5.74) is 1.80. The monoisotopic (exact) mass is 617 g/mol. The van der Waals surface area contributed by atoms with Crippen LogP contribution in [-0.4, -0.2) is 37.4 Å². The summed E-state index contributed by atoms with van der Waals surface area (Å²) in [6, 6.07) is 20.9. The van der Waals surface area contributed by atoms with Crippen molar-refractivity contribution in [1.82, 2.24) is 9.62 Å². The van der Waals surface area contributed by atoms with Gasteiger partial charge in [0.05, 0.1) is 17.1 Å². The maximum Gasteiger partial charge on any atom is 0.261 e. The summed E-state index contributed by atoms with van der Waals surface area (Å²) in [4.78, 5) is 13.1. The summed E-state index contributed by atoms with van der Waals surface area (Å²) in [5, 5.41) is 5.68. The van der Waals surface area contributed by atoms with Gasteiger partial charge in [-0.25, -0.2) is 8.42 Å². The van der Waals surface area contributed by atoms with E-state index in [9.17, 15) is 13.2 Å². The minimum atomic E-state index is -3.67. The highest BCUT2D eigenvalue weighted by Crippen LogP contribution is 2.24. The minimum absolute atomic E-state index is 0.0840. The highest BCUT2D eigenvalue weighted by molar-refractivity contribution is 9.10. The first-order chi connectivity index (χ1) is 18.2. The van der Waals surface area contributed by atoms with Crippen molar-refractivity contribution in [2.75, 3.05) is 19.0 Å². The molecule has 0 spiro atoms. The van der Waals surface area contributed by atoms with E-state index in [1.165, 1.54) is 16.4 Å². The molecule has 0 unspecified atom stereocenters. The number of anilines is 1. The molecule has 202 valence electrons. The van der Waals surface area contributed by atoms with Gasteiger partial charge in [-0.1, -0.05) is 72.4 Å². The lowest BCUT2D eigenvalue weighted by Gasteiger charge is -2.18. The lowest BCUT2D eigenvalue weighted by Crippen LogP contribution is -2.34. The van der Waals surface area contributed by atoms with Crippen LogP contribution in [0.25, 0.3) is 0 Å². The lowest BCUT2D eigenvalue weighted by atomic mass is 10.2. The fraction of sp³-hybridized carbons (Fsp3) is 0.286. The Hall–Kier alpha value is -2.79. The van der Waals surface area contributed by atoms with Gasteiger partial charge in [-0.15, -0.1) is 0 Å². The number of sulfonamides is 1. The van der Waals surface area contributed by atoms with Gasteiger partial charge < -0.3 is 10.1 Å². The van der Waals surface area contributed by atoms with E-state index in [1.54, 1.807) is 31.3 Å².